The number of hydrogen-bond acceptors (Lipinski definition) is 17. The Labute approximate surface area is 381 Å². The van der Waals surface area contributed by atoms with E-state index in [1.54, 1.807) is 19.9 Å². The van der Waals surface area contributed by atoms with Crippen LogP contribution in [-0.4, -0.2) is 161 Å². The lowest BCUT2D eigenvalue weighted by atomic mass is 9.46. The molecule has 17 nitrogen and oxygen atoms in total. The van der Waals surface area contributed by atoms with Gasteiger partial charge < -0.3 is 78.7 Å². The van der Waals surface area contributed by atoms with Gasteiger partial charge in [-0.05, 0) is 99.5 Å². The monoisotopic (exact) mass is 920 g/mol. The molecule has 1 aromatic rings. The lowest BCUT2D eigenvalue weighted by molar-refractivity contribution is -0.324. The van der Waals surface area contributed by atoms with Crippen LogP contribution in [0, 0.1) is 40.4 Å². The Morgan fingerprint density at radius 2 is 1.62 bits per heavy atom. The number of benzene rings is 1. The summed E-state index contributed by atoms with van der Waals surface area (Å²) in [5.74, 6) is 0.0860. The van der Waals surface area contributed by atoms with Crippen molar-refractivity contribution in [3.8, 4) is 17.2 Å². The van der Waals surface area contributed by atoms with Gasteiger partial charge in [0.2, 0.25) is 5.75 Å². The van der Waals surface area contributed by atoms with E-state index in [0.717, 1.165) is 24.8 Å². The first-order valence-electron chi connectivity index (χ1n) is 23.1. The van der Waals surface area contributed by atoms with Crippen LogP contribution in [0.1, 0.15) is 89.9 Å². The van der Waals surface area contributed by atoms with Crippen molar-refractivity contribution in [2.75, 3.05) is 34.5 Å². The van der Waals surface area contributed by atoms with E-state index in [4.69, 9.17) is 37.9 Å². The van der Waals surface area contributed by atoms with E-state index in [9.17, 15) is 45.6 Å². The normalized spacial score (nSPS) is 42.3. The lowest BCUT2D eigenvalue weighted by Gasteiger charge is -2.60. The van der Waals surface area contributed by atoms with Crippen LogP contribution in [0.3, 0.4) is 0 Å². The first kappa shape index (κ1) is 50.0. The molecule has 0 spiro atoms. The molecule has 2 heterocycles. The second-order valence-corrected chi connectivity index (χ2v) is 20.3. The van der Waals surface area contributed by atoms with Gasteiger partial charge in [0, 0.05) is 11.8 Å². The molecule has 4 aliphatic carbocycles. The summed E-state index contributed by atoms with van der Waals surface area (Å²) in [6.07, 6.45) is -4.40. The highest BCUT2D eigenvalue weighted by Crippen LogP contribution is 2.68. The van der Waals surface area contributed by atoms with Crippen LogP contribution in [0.2, 0.25) is 0 Å². The number of aliphatic hydroxyl groups excluding tert-OH is 7. The third-order valence-electron chi connectivity index (χ3n) is 15.9. The molecule has 5 fully saturated rings. The van der Waals surface area contributed by atoms with Crippen molar-refractivity contribution in [1.29, 1.82) is 0 Å². The lowest BCUT2D eigenvalue weighted by Crippen LogP contribution is -2.62. The molecule has 7 rings (SSSR count). The molecule has 8 N–H and O–H groups in total. The zero-order valence-corrected chi connectivity index (χ0v) is 38.8. The third kappa shape index (κ3) is 9.47. The van der Waals surface area contributed by atoms with Crippen molar-refractivity contribution in [2.45, 2.75) is 159 Å². The minimum atomic E-state index is -1.61. The SMILES string of the molecule is COc1cc(C(=O)O[C@H]2[C@H](O[C@H]3C[C@H]4[C@@H]5CC=C6C[C@@H](O)C[C@@H](O[C@@H]7O[C@H](CO)[C@@H](O)[C@H](O)[C@H]7O)[C@]6(C)[C@H]5CC[C@]4(C)[C@H]3[C@H](C)C/C=C/C(C)(C)O)OC[C@H](O)[C@@H]2O)cc(OC)c1OC. The molecule has 0 amide bonds. The van der Waals surface area contributed by atoms with Crippen LogP contribution in [0.25, 0.3) is 0 Å². The fourth-order valence-corrected chi connectivity index (χ4v) is 12.7. The Morgan fingerprint density at radius 3 is 2.25 bits per heavy atom. The average Bonchev–Trinajstić information content (AvgIpc) is 3.57. The van der Waals surface area contributed by atoms with Crippen LogP contribution < -0.4 is 14.2 Å². The van der Waals surface area contributed by atoms with Crippen molar-refractivity contribution >= 4 is 5.97 Å². The van der Waals surface area contributed by atoms with Crippen molar-refractivity contribution in [3.05, 3.63) is 41.5 Å². The molecule has 6 aliphatic rings. The summed E-state index contributed by atoms with van der Waals surface area (Å²) < 4.78 is 47.8. The molecular weight excluding hydrogens is 849 g/mol. The number of rotatable bonds is 14. The molecule has 366 valence electrons. The number of carbonyl (C=O) groups is 1. The molecule has 0 aromatic heterocycles. The molecule has 2 aliphatic heterocycles. The fraction of sp³-hybridized carbons (Fsp3) is 0.771. The van der Waals surface area contributed by atoms with Crippen LogP contribution >= 0.6 is 0 Å². The molecule has 1 aromatic carbocycles. The van der Waals surface area contributed by atoms with Crippen LogP contribution in [0.5, 0.6) is 17.2 Å². The van der Waals surface area contributed by atoms with Gasteiger partial charge >= 0.3 is 5.97 Å². The maximum Gasteiger partial charge on any atom is 0.338 e. The highest BCUT2D eigenvalue weighted by Gasteiger charge is 2.65. The molecule has 17 heteroatoms. The summed E-state index contributed by atoms with van der Waals surface area (Å²) in [4.78, 5) is 13.9. The minimum Gasteiger partial charge on any atom is -0.493 e. The smallest absolute Gasteiger partial charge is 0.338 e. The average molecular weight is 921 g/mol. The third-order valence-corrected chi connectivity index (χ3v) is 15.9. The fourth-order valence-electron chi connectivity index (χ4n) is 12.7. The van der Waals surface area contributed by atoms with Gasteiger partial charge in [-0.2, -0.15) is 0 Å². The highest BCUT2D eigenvalue weighted by atomic mass is 16.7. The van der Waals surface area contributed by atoms with Gasteiger partial charge in [0.15, 0.2) is 30.2 Å². The number of aliphatic hydroxyl groups is 8. The molecule has 65 heavy (non-hydrogen) atoms. The molecule has 19 atom stereocenters. The summed E-state index contributed by atoms with van der Waals surface area (Å²) >= 11 is 0. The van der Waals surface area contributed by atoms with E-state index in [-0.39, 0.29) is 70.8 Å². The Hall–Kier alpha value is -2.91. The highest BCUT2D eigenvalue weighted by molar-refractivity contribution is 5.91. The molecule has 3 saturated carbocycles. The van der Waals surface area contributed by atoms with Crippen LogP contribution in [-0.2, 0) is 23.7 Å². The van der Waals surface area contributed by atoms with Gasteiger partial charge in [-0.25, -0.2) is 4.79 Å². The zero-order valence-electron chi connectivity index (χ0n) is 38.8. The second-order valence-electron chi connectivity index (χ2n) is 20.3. The summed E-state index contributed by atoms with van der Waals surface area (Å²) in [6, 6.07) is 2.86. The van der Waals surface area contributed by atoms with Crippen molar-refractivity contribution in [3.63, 3.8) is 0 Å². The molecule has 0 radical (unpaired) electrons. The number of methoxy groups -OCH3 is 3. The van der Waals surface area contributed by atoms with Crippen LogP contribution in [0.4, 0.5) is 0 Å². The maximum atomic E-state index is 13.9. The number of carbonyl (C=O) groups excluding carboxylic acids is 1. The largest absolute Gasteiger partial charge is 0.493 e. The minimum absolute atomic E-state index is 0.0295. The molecular formula is C48H72O17. The summed E-state index contributed by atoms with van der Waals surface area (Å²) in [5, 5.41) is 86.0. The first-order chi connectivity index (χ1) is 30.7. The van der Waals surface area contributed by atoms with Gasteiger partial charge in [0.25, 0.3) is 0 Å². The van der Waals surface area contributed by atoms with Gasteiger partial charge in [-0.3, -0.25) is 0 Å². The van der Waals surface area contributed by atoms with E-state index < -0.39 is 97.2 Å². The number of ether oxygens (including phenoxy) is 8. The van der Waals surface area contributed by atoms with E-state index in [1.165, 1.54) is 33.5 Å². The predicted octanol–water partition coefficient (Wildman–Crippen LogP) is 2.40. The van der Waals surface area contributed by atoms with E-state index in [0.29, 0.717) is 19.3 Å². The maximum absolute atomic E-state index is 13.9. The molecule has 0 unspecified atom stereocenters. The van der Waals surface area contributed by atoms with E-state index in [1.807, 2.05) is 6.08 Å². The number of esters is 1. The summed E-state index contributed by atoms with van der Waals surface area (Å²) in [5.41, 5.74) is -0.809. The standard InChI is InChI=1S/C48H72O17/c1-23(10-9-14-46(2,3)57)36-31(62-45-42(37(52)30(51)22-61-45)65-43(56)24-16-32(58-6)41(60-8)33(17-24)59-7)20-29-27-12-11-25-18-26(50)19-35(48(25,5)28(27)13-15-47(29,36)4)64-44-40(55)39(54)38(53)34(21-49)63-44/h9,11,14,16-17,23,26-31,34-40,42,44-45,49-55,57H,10,12-13,15,18-22H2,1-8H3/b14-9+/t23-,26-,27-,28+,29+,30+,31+,34-,35-,36+,37+,38-,39+,40-,42-,44+,45+,47+,48+/m1/s1. The van der Waals surface area contributed by atoms with E-state index in [2.05, 4.69) is 26.8 Å². The van der Waals surface area contributed by atoms with E-state index >= 15 is 0 Å². The summed E-state index contributed by atoms with van der Waals surface area (Å²) in [7, 11) is 4.28. The Balaban J connectivity index is 1.19. The second kappa shape index (κ2) is 19.6. The number of allylic oxidation sites excluding steroid dienone is 2. The van der Waals surface area contributed by atoms with Gasteiger partial charge in [-0.15, -0.1) is 0 Å². The van der Waals surface area contributed by atoms with Crippen molar-refractivity contribution < 1.29 is 83.5 Å². The van der Waals surface area contributed by atoms with Gasteiger partial charge in [0.1, 0.15) is 36.6 Å². The Kier molecular flexibility index (Phi) is 15.1. The van der Waals surface area contributed by atoms with Crippen molar-refractivity contribution in [2.24, 2.45) is 40.4 Å². The van der Waals surface area contributed by atoms with Crippen LogP contribution in [0.15, 0.2) is 35.9 Å². The Morgan fingerprint density at radius 1 is 0.923 bits per heavy atom. The topological polar surface area (TPSA) is 253 Å². The number of fused-ring (bicyclic) bond motifs is 5. The molecule has 2 saturated heterocycles. The zero-order chi connectivity index (χ0) is 47.3. The van der Waals surface area contributed by atoms with Gasteiger partial charge in [0.05, 0.1) is 64.0 Å². The first-order valence-corrected chi connectivity index (χ1v) is 23.1. The van der Waals surface area contributed by atoms with Crippen molar-refractivity contribution in [1.82, 2.24) is 0 Å². The number of hydrogen-bond donors (Lipinski definition) is 8. The Bertz CT molecular complexity index is 1860. The summed E-state index contributed by atoms with van der Waals surface area (Å²) in [6.45, 7) is 9.22. The van der Waals surface area contributed by atoms with Gasteiger partial charge in [-0.1, -0.05) is 44.6 Å². The quantitative estimate of drug-likeness (QED) is 0.0986. The predicted molar refractivity (Wildman–Crippen MR) is 232 cm³/mol. The molecule has 0 bridgehead atoms.